The van der Waals surface area contributed by atoms with E-state index < -0.39 is 13.9 Å². The molecule has 0 heterocycles. The first kappa shape index (κ1) is 64.7. The first-order valence-corrected chi connectivity index (χ1v) is 28.8. The molecule has 67 heavy (non-hydrogen) atoms. The van der Waals surface area contributed by atoms with E-state index in [1.165, 1.54) is 116 Å². The number of likely N-dealkylation sites (N-methyl/N-ethyl adjacent to an activating group) is 1. The number of nitrogens with zero attached hydrogens (tertiary/aromatic N) is 1. The largest absolute Gasteiger partial charge is 0.756 e. The van der Waals surface area contributed by atoms with E-state index in [9.17, 15) is 14.3 Å². The standard InChI is InChI=1S/C58H104NO7P/c1-6-8-10-12-14-16-18-20-22-24-26-28-29-30-32-34-36-38-40-42-44-46-48-50-53-63-55-57(56-65-67(61,62)64-54-52-59(3,4)5)66-58(60)51-49-47-45-43-41-39-37-35-33-31-27-25-23-21-19-17-15-13-11-9-7-2/h8,10,14,16,19-22,25-28,33,35,57H,6-7,9,11-13,15,17-18,23-24,29-32,34,36-56H2,1-5H3/b10-8-,16-14-,21-19-,22-20-,27-25-,28-26-,35-33-. The molecule has 0 bridgehead atoms. The van der Waals surface area contributed by atoms with Gasteiger partial charge in [-0.25, -0.2) is 0 Å². The van der Waals surface area contributed by atoms with Crippen LogP contribution in [0.4, 0.5) is 0 Å². The van der Waals surface area contributed by atoms with Gasteiger partial charge in [0.25, 0.3) is 7.82 Å². The highest BCUT2D eigenvalue weighted by Crippen LogP contribution is 2.38. The minimum absolute atomic E-state index is 0.0188. The normalized spacial score (nSPS) is 14.2. The van der Waals surface area contributed by atoms with Crippen molar-refractivity contribution >= 4 is 13.8 Å². The summed E-state index contributed by atoms with van der Waals surface area (Å²) in [5.74, 6) is -0.348. The molecule has 8 nitrogen and oxygen atoms in total. The summed E-state index contributed by atoms with van der Waals surface area (Å²) in [7, 11) is 1.34. The third kappa shape index (κ3) is 54.5. The molecular weight excluding hydrogens is 854 g/mol. The molecular formula is C58H104NO7P. The van der Waals surface area contributed by atoms with Crippen LogP contribution in [0.3, 0.4) is 0 Å². The lowest BCUT2D eigenvalue weighted by Crippen LogP contribution is -2.37. The van der Waals surface area contributed by atoms with Crippen LogP contribution in [0.5, 0.6) is 0 Å². The predicted octanol–water partition coefficient (Wildman–Crippen LogP) is 16.5. The molecule has 0 radical (unpaired) electrons. The van der Waals surface area contributed by atoms with Gasteiger partial charge in [-0.1, -0.05) is 208 Å². The lowest BCUT2D eigenvalue weighted by molar-refractivity contribution is -0.870. The Labute approximate surface area is 414 Å². The van der Waals surface area contributed by atoms with E-state index >= 15 is 0 Å². The first-order valence-electron chi connectivity index (χ1n) is 27.3. The number of carbonyl (C=O) groups is 1. The second-order valence-corrected chi connectivity index (χ2v) is 20.6. The Balaban J connectivity index is 4.15. The zero-order chi connectivity index (χ0) is 49.0. The third-order valence-electron chi connectivity index (χ3n) is 11.4. The molecule has 2 unspecified atom stereocenters. The van der Waals surface area contributed by atoms with Gasteiger partial charge in [0.15, 0.2) is 0 Å². The topological polar surface area (TPSA) is 94.1 Å². The Morgan fingerprint density at radius 2 is 0.866 bits per heavy atom. The fourth-order valence-corrected chi connectivity index (χ4v) is 7.98. The van der Waals surface area contributed by atoms with Crippen LogP contribution in [0, 0.1) is 0 Å². The minimum atomic E-state index is -4.54. The molecule has 0 rings (SSSR count). The number of quaternary nitrogens is 1. The van der Waals surface area contributed by atoms with Crippen molar-refractivity contribution in [3.05, 3.63) is 85.1 Å². The number of phosphoric acid groups is 1. The van der Waals surface area contributed by atoms with Gasteiger partial charge >= 0.3 is 5.97 Å². The molecule has 0 N–H and O–H groups in total. The quantitative estimate of drug-likeness (QED) is 0.0197. The van der Waals surface area contributed by atoms with Crippen LogP contribution >= 0.6 is 7.82 Å². The molecule has 0 aliphatic carbocycles. The Hall–Kier alpha value is -2.32. The molecule has 0 saturated carbocycles. The van der Waals surface area contributed by atoms with Crippen molar-refractivity contribution in [3.63, 3.8) is 0 Å². The van der Waals surface area contributed by atoms with Crippen molar-refractivity contribution in [3.8, 4) is 0 Å². The maximum Gasteiger partial charge on any atom is 0.306 e. The molecule has 9 heteroatoms. The highest BCUT2D eigenvalue weighted by molar-refractivity contribution is 7.45. The van der Waals surface area contributed by atoms with Gasteiger partial charge < -0.3 is 27.9 Å². The lowest BCUT2D eigenvalue weighted by atomic mass is 10.1. The number of phosphoric ester groups is 1. The van der Waals surface area contributed by atoms with Crippen LogP contribution in [-0.4, -0.2) is 70.7 Å². The minimum Gasteiger partial charge on any atom is -0.756 e. The highest BCUT2D eigenvalue weighted by atomic mass is 31.2. The third-order valence-corrected chi connectivity index (χ3v) is 12.4. The summed E-state index contributed by atoms with van der Waals surface area (Å²) in [4.78, 5) is 25.2. The van der Waals surface area contributed by atoms with Gasteiger partial charge in [0.2, 0.25) is 0 Å². The molecule has 2 atom stereocenters. The average molecular weight is 958 g/mol. The molecule has 0 aliphatic rings. The van der Waals surface area contributed by atoms with Crippen LogP contribution in [-0.2, 0) is 27.9 Å². The number of ether oxygens (including phenoxy) is 2. The van der Waals surface area contributed by atoms with Crippen molar-refractivity contribution in [2.45, 2.75) is 225 Å². The first-order chi connectivity index (χ1) is 32.6. The van der Waals surface area contributed by atoms with Crippen LogP contribution in [0.1, 0.15) is 219 Å². The number of allylic oxidation sites excluding steroid dienone is 14. The van der Waals surface area contributed by atoms with Crippen molar-refractivity contribution in [1.29, 1.82) is 0 Å². The SMILES string of the molecule is CC/C=C\C/C=C\C/C=C\C/C=C\CCCCCCCCCCCCCOCC(COP(=O)([O-])OCC[N+](C)(C)C)OC(=O)CCCCCCCC/C=C\C/C=C\C/C=C\CCCCCCC. The molecule has 0 aromatic rings. The van der Waals surface area contributed by atoms with E-state index in [4.69, 9.17) is 18.5 Å². The number of unbranched alkanes of at least 4 members (excludes halogenated alkanes) is 22. The summed E-state index contributed by atoms with van der Waals surface area (Å²) in [6.07, 6.45) is 67.5. The molecule has 0 aliphatic heterocycles. The Morgan fingerprint density at radius 3 is 1.30 bits per heavy atom. The second kappa shape index (κ2) is 50.1. The number of rotatable bonds is 50. The predicted molar refractivity (Wildman–Crippen MR) is 286 cm³/mol. The van der Waals surface area contributed by atoms with Gasteiger partial charge in [-0.15, -0.1) is 0 Å². The smallest absolute Gasteiger partial charge is 0.306 e. The number of carbonyl (C=O) groups excluding carboxylic acids is 1. The average Bonchev–Trinajstić information content (AvgIpc) is 3.29. The van der Waals surface area contributed by atoms with Crippen molar-refractivity contribution in [2.24, 2.45) is 0 Å². The fraction of sp³-hybridized carbons (Fsp3) is 0.741. The van der Waals surface area contributed by atoms with Crippen molar-refractivity contribution in [2.75, 3.05) is 54.1 Å². The van der Waals surface area contributed by atoms with Gasteiger partial charge in [0.1, 0.15) is 19.3 Å². The second-order valence-electron chi connectivity index (χ2n) is 19.2. The molecule has 0 amide bonds. The number of hydrogen-bond donors (Lipinski definition) is 0. The Morgan fingerprint density at radius 1 is 0.478 bits per heavy atom. The number of esters is 1. The zero-order valence-electron chi connectivity index (χ0n) is 44.1. The van der Waals surface area contributed by atoms with Crippen LogP contribution in [0.25, 0.3) is 0 Å². The maximum atomic E-state index is 12.8. The van der Waals surface area contributed by atoms with E-state index in [1.54, 1.807) is 0 Å². The summed E-state index contributed by atoms with van der Waals surface area (Å²) in [5, 5.41) is 0. The van der Waals surface area contributed by atoms with Crippen molar-refractivity contribution < 1.29 is 37.3 Å². The molecule has 0 aromatic carbocycles. The van der Waals surface area contributed by atoms with Gasteiger partial charge in [0.05, 0.1) is 34.4 Å². The summed E-state index contributed by atoms with van der Waals surface area (Å²) in [5.41, 5.74) is 0. The van der Waals surface area contributed by atoms with E-state index in [1.807, 2.05) is 21.1 Å². The van der Waals surface area contributed by atoms with Crippen LogP contribution < -0.4 is 4.89 Å². The lowest BCUT2D eigenvalue weighted by Gasteiger charge is -2.28. The molecule has 0 aromatic heterocycles. The maximum absolute atomic E-state index is 12.8. The van der Waals surface area contributed by atoms with E-state index in [0.717, 1.165) is 83.5 Å². The van der Waals surface area contributed by atoms with Gasteiger partial charge in [-0.3, -0.25) is 9.36 Å². The van der Waals surface area contributed by atoms with Crippen LogP contribution in [0.15, 0.2) is 85.1 Å². The van der Waals surface area contributed by atoms with Crippen LogP contribution in [0.2, 0.25) is 0 Å². The highest BCUT2D eigenvalue weighted by Gasteiger charge is 2.20. The van der Waals surface area contributed by atoms with Gasteiger partial charge in [0, 0.05) is 13.0 Å². The van der Waals surface area contributed by atoms with Gasteiger partial charge in [-0.05, 0) is 89.9 Å². The summed E-state index contributed by atoms with van der Waals surface area (Å²) >= 11 is 0. The van der Waals surface area contributed by atoms with E-state index in [2.05, 4.69) is 98.9 Å². The van der Waals surface area contributed by atoms with Gasteiger partial charge in [-0.2, -0.15) is 0 Å². The molecule has 0 fully saturated rings. The Kier molecular flexibility index (Phi) is 48.3. The zero-order valence-corrected chi connectivity index (χ0v) is 45.0. The fourth-order valence-electron chi connectivity index (χ4n) is 7.25. The van der Waals surface area contributed by atoms with Crippen molar-refractivity contribution in [1.82, 2.24) is 0 Å². The Bertz CT molecular complexity index is 1340. The summed E-state index contributed by atoms with van der Waals surface area (Å²) in [6.45, 7) is 5.27. The summed E-state index contributed by atoms with van der Waals surface area (Å²) in [6, 6.07) is 0. The summed E-state index contributed by atoms with van der Waals surface area (Å²) < 4.78 is 34.8. The van der Waals surface area contributed by atoms with E-state index in [0.29, 0.717) is 24.1 Å². The molecule has 388 valence electrons. The van der Waals surface area contributed by atoms with E-state index in [-0.39, 0.29) is 25.8 Å². The number of hydrogen-bond acceptors (Lipinski definition) is 7. The molecule has 0 spiro atoms. The molecule has 0 saturated heterocycles. The monoisotopic (exact) mass is 958 g/mol.